The number of hydrogen-bond acceptors (Lipinski definition) is 3. The summed E-state index contributed by atoms with van der Waals surface area (Å²) in [5.74, 6) is 0.913. The Kier molecular flexibility index (Phi) is 6.23. The van der Waals surface area contributed by atoms with E-state index in [9.17, 15) is 0 Å². The predicted molar refractivity (Wildman–Crippen MR) is 96.2 cm³/mol. The lowest BCUT2D eigenvalue weighted by molar-refractivity contribution is -0.106. The molecule has 2 rings (SSSR count). The molecule has 0 aliphatic heterocycles. The molecule has 2 aromatic rings. The maximum atomic E-state index is 6.02. The monoisotopic (exact) mass is 412 g/mol. The number of ether oxygens (including phenoxy) is 3. The van der Waals surface area contributed by atoms with Crippen LogP contribution >= 0.6 is 22.6 Å². The first-order valence-corrected chi connectivity index (χ1v) is 8.17. The van der Waals surface area contributed by atoms with Crippen molar-refractivity contribution in [2.75, 3.05) is 14.2 Å². The van der Waals surface area contributed by atoms with Crippen LogP contribution in [0.15, 0.2) is 36.4 Å². The lowest BCUT2D eigenvalue weighted by atomic mass is 10.1. The predicted octanol–water partition coefficient (Wildman–Crippen LogP) is 4.78. The molecule has 0 amide bonds. The van der Waals surface area contributed by atoms with E-state index in [0.29, 0.717) is 6.61 Å². The molecule has 0 atom stereocenters. The van der Waals surface area contributed by atoms with Crippen molar-refractivity contribution in [3.05, 3.63) is 62.2 Å². The largest absolute Gasteiger partial charge is 0.489 e. The molecule has 0 bridgehead atoms. The van der Waals surface area contributed by atoms with Crippen LogP contribution in [0.3, 0.4) is 0 Å². The normalized spacial score (nSPS) is 11.0. The molecule has 118 valence electrons. The van der Waals surface area contributed by atoms with Gasteiger partial charge in [0.2, 0.25) is 0 Å². The third-order valence-corrected chi connectivity index (χ3v) is 4.18. The van der Waals surface area contributed by atoms with Gasteiger partial charge in [0.25, 0.3) is 0 Å². The van der Waals surface area contributed by atoms with E-state index in [2.05, 4.69) is 60.7 Å². The molecule has 0 saturated carbocycles. The Morgan fingerprint density at radius 3 is 2.41 bits per heavy atom. The van der Waals surface area contributed by atoms with E-state index in [1.165, 1.54) is 5.56 Å². The average Bonchev–Trinajstić information content (AvgIpc) is 2.51. The Hall–Kier alpha value is -1.11. The Morgan fingerprint density at radius 1 is 1.00 bits per heavy atom. The zero-order chi connectivity index (χ0) is 16.1. The molecule has 0 aliphatic carbocycles. The fourth-order valence-electron chi connectivity index (χ4n) is 2.30. The van der Waals surface area contributed by atoms with Crippen LogP contribution in [0.1, 0.15) is 28.5 Å². The zero-order valence-corrected chi connectivity index (χ0v) is 15.5. The average molecular weight is 412 g/mol. The Bertz CT molecular complexity index is 636. The van der Waals surface area contributed by atoms with Gasteiger partial charge in [-0.2, -0.15) is 0 Å². The Morgan fingerprint density at radius 2 is 1.73 bits per heavy atom. The molecular formula is C18H21IO3. The van der Waals surface area contributed by atoms with Crippen molar-refractivity contribution in [1.82, 2.24) is 0 Å². The second kappa shape index (κ2) is 7.94. The van der Waals surface area contributed by atoms with Gasteiger partial charge in [-0.15, -0.1) is 0 Å². The maximum absolute atomic E-state index is 6.02. The van der Waals surface area contributed by atoms with Gasteiger partial charge in [-0.25, -0.2) is 0 Å². The van der Waals surface area contributed by atoms with Gasteiger partial charge in [0.1, 0.15) is 12.4 Å². The molecule has 0 fully saturated rings. The fourth-order valence-corrected chi connectivity index (χ4v) is 2.85. The smallest absolute Gasteiger partial charge is 0.183 e. The molecule has 0 N–H and O–H groups in total. The molecule has 2 aromatic carbocycles. The van der Waals surface area contributed by atoms with Crippen molar-refractivity contribution in [2.45, 2.75) is 26.7 Å². The van der Waals surface area contributed by atoms with Crippen LogP contribution in [0.2, 0.25) is 0 Å². The van der Waals surface area contributed by atoms with Crippen LogP contribution < -0.4 is 4.74 Å². The maximum Gasteiger partial charge on any atom is 0.183 e. The standard InChI is InChI=1S/C18H21IO3/c1-12-5-6-13(2)17(9-12)22-11-14-10-15(19)7-8-16(14)18(20-3)21-4/h5-10,18H,11H2,1-4H3. The van der Waals surface area contributed by atoms with Crippen molar-refractivity contribution >= 4 is 22.6 Å². The molecule has 0 aromatic heterocycles. The lowest BCUT2D eigenvalue weighted by Crippen LogP contribution is -2.09. The number of halogens is 1. The van der Waals surface area contributed by atoms with Gasteiger partial charge in [0.15, 0.2) is 6.29 Å². The molecule has 3 nitrogen and oxygen atoms in total. The number of hydrogen-bond donors (Lipinski definition) is 0. The quantitative estimate of drug-likeness (QED) is 0.505. The highest BCUT2D eigenvalue weighted by Gasteiger charge is 2.15. The summed E-state index contributed by atoms with van der Waals surface area (Å²) in [4.78, 5) is 0. The third kappa shape index (κ3) is 4.21. The SMILES string of the molecule is COC(OC)c1ccc(I)cc1COc1cc(C)ccc1C. The van der Waals surface area contributed by atoms with Crippen LogP contribution in [-0.2, 0) is 16.1 Å². The number of benzene rings is 2. The summed E-state index contributed by atoms with van der Waals surface area (Å²) in [6, 6.07) is 12.4. The molecule has 0 spiro atoms. The minimum atomic E-state index is -0.380. The van der Waals surface area contributed by atoms with Gasteiger partial charge in [0.05, 0.1) is 0 Å². The summed E-state index contributed by atoms with van der Waals surface area (Å²) in [6.45, 7) is 4.60. The summed E-state index contributed by atoms with van der Waals surface area (Å²) < 4.78 is 17.9. The first-order valence-electron chi connectivity index (χ1n) is 7.09. The minimum Gasteiger partial charge on any atom is -0.489 e. The molecule has 0 aliphatic rings. The summed E-state index contributed by atoms with van der Waals surface area (Å²) in [7, 11) is 3.28. The van der Waals surface area contributed by atoms with Gasteiger partial charge >= 0.3 is 0 Å². The summed E-state index contributed by atoms with van der Waals surface area (Å²) >= 11 is 2.30. The van der Waals surface area contributed by atoms with Crippen molar-refractivity contribution in [3.8, 4) is 5.75 Å². The van der Waals surface area contributed by atoms with Crippen LogP contribution in [0, 0.1) is 17.4 Å². The molecule has 22 heavy (non-hydrogen) atoms. The zero-order valence-electron chi connectivity index (χ0n) is 13.4. The second-order valence-electron chi connectivity index (χ2n) is 5.20. The van der Waals surface area contributed by atoms with E-state index in [0.717, 1.165) is 26.0 Å². The number of aryl methyl sites for hydroxylation is 2. The first-order chi connectivity index (χ1) is 10.5. The highest BCUT2D eigenvalue weighted by molar-refractivity contribution is 14.1. The minimum absolute atomic E-state index is 0.380. The molecule has 0 heterocycles. The van der Waals surface area contributed by atoms with E-state index in [-0.39, 0.29) is 6.29 Å². The molecular weight excluding hydrogens is 391 g/mol. The van der Waals surface area contributed by atoms with E-state index in [4.69, 9.17) is 14.2 Å². The van der Waals surface area contributed by atoms with Crippen molar-refractivity contribution in [3.63, 3.8) is 0 Å². The van der Waals surface area contributed by atoms with Crippen molar-refractivity contribution in [1.29, 1.82) is 0 Å². The first kappa shape index (κ1) is 17.2. The van der Waals surface area contributed by atoms with Gasteiger partial charge in [-0.05, 0) is 71.3 Å². The van der Waals surface area contributed by atoms with Gasteiger partial charge in [-0.3, -0.25) is 0 Å². The molecule has 0 unspecified atom stereocenters. The van der Waals surface area contributed by atoms with E-state index < -0.39 is 0 Å². The summed E-state index contributed by atoms with van der Waals surface area (Å²) in [6.07, 6.45) is -0.380. The molecule has 0 saturated heterocycles. The number of rotatable bonds is 6. The third-order valence-electron chi connectivity index (χ3n) is 3.51. The molecule has 0 radical (unpaired) electrons. The van der Waals surface area contributed by atoms with Gasteiger partial charge < -0.3 is 14.2 Å². The summed E-state index contributed by atoms with van der Waals surface area (Å²) in [5.41, 5.74) is 4.39. The van der Waals surface area contributed by atoms with E-state index >= 15 is 0 Å². The second-order valence-corrected chi connectivity index (χ2v) is 6.45. The summed E-state index contributed by atoms with van der Waals surface area (Å²) in [5, 5.41) is 0. The fraction of sp³-hybridized carbons (Fsp3) is 0.333. The van der Waals surface area contributed by atoms with E-state index in [1.807, 2.05) is 12.1 Å². The number of methoxy groups -OCH3 is 2. The lowest BCUT2D eigenvalue weighted by Gasteiger charge is -2.19. The van der Waals surface area contributed by atoms with Gasteiger partial charge in [0, 0.05) is 23.4 Å². The van der Waals surface area contributed by atoms with Crippen LogP contribution in [0.25, 0.3) is 0 Å². The van der Waals surface area contributed by atoms with Crippen molar-refractivity contribution < 1.29 is 14.2 Å². The highest BCUT2D eigenvalue weighted by atomic mass is 127. The van der Waals surface area contributed by atoms with Gasteiger partial charge in [-0.1, -0.05) is 18.2 Å². The Labute approximate surface area is 145 Å². The topological polar surface area (TPSA) is 27.7 Å². The molecule has 4 heteroatoms. The van der Waals surface area contributed by atoms with Crippen LogP contribution in [-0.4, -0.2) is 14.2 Å². The van der Waals surface area contributed by atoms with E-state index in [1.54, 1.807) is 14.2 Å². The Balaban J connectivity index is 2.25. The van der Waals surface area contributed by atoms with Crippen molar-refractivity contribution in [2.24, 2.45) is 0 Å². The van der Waals surface area contributed by atoms with Crippen LogP contribution in [0.5, 0.6) is 5.75 Å². The highest BCUT2D eigenvalue weighted by Crippen LogP contribution is 2.26. The van der Waals surface area contributed by atoms with Crippen LogP contribution in [0.4, 0.5) is 0 Å².